The fourth-order valence-electron chi connectivity index (χ4n) is 1.64. The van der Waals surface area contributed by atoms with Crippen LogP contribution in [0.1, 0.15) is 23.2 Å². The summed E-state index contributed by atoms with van der Waals surface area (Å²) in [6.07, 6.45) is 2.36. The molecule has 0 saturated heterocycles. The molecule has 0 spiro atoms. The minimum atomic E-state index is 0.0813. The highest BCUT2D eigenvalue weighted by Crippen LogP contribution is 2.27. The van der Waals surface area contributed by atoms with Crippen molar-refractivity contribution in [1.82, 2.24) is 5.32 Å². The lowest BCUT2D eigenvalue weighted by Gasteiger charge is -2.09. The maximum Gasteiger partial charge on any atom is 0.176 e. The van der Waals surface area contributed by atoms with Gasteiger partial charge in [0.05, 0.1) is 20.8 Å². The molecule has 1 saturated carbocycles. The molecule has 0 amide bonds. The first-order chi connectivity index (χ1) is 8.24. The number of ketones is 1. The molecule has 0 atom stereocenters. The Hall–Kier alpha value is -1.55. The molecule has 4 heteroatoms. The van der Waals surface area contributed by atoms with E-state index in [2.05, 4.69) is 5.32 Å². The average Bonchev–Trinajstić information content (AvgIpc) is 3.19. The Morgan fingerprint density at radius 2 is 2.00 bits per heavy atom. The van der Waals surface area contributed by atoms with E-state index in [-0.39, 0.29) is 5.78 Å². The third-order valence-electron chi connectivity index (χ3n) is 2.83. The van der Waals surface area contributed by atoms with Crippen LogP contribution in [0.15, 0.2) is 18.2 Å². The van der Waals surface area contributed by atoms with Crippen molar-refractivity contribution in [2.75, 3.05) is 20.8 Å². The van der Waals surface area contributed by atoms with Crippen LogP contribution in [0.3, 0.4) is 0 Å². The van der Waals surface area contributed by atoms with Gasteiger partial charge in [0.2, 0.25) is 0 Å². The SMILES string of the molecule is COc1ccc(C(=O)CNC2CC2)cc1OC. The Kier molecular flexibility index (Phi) is 3.64. The molecule has 0 aromatic heterocycles. The molecule has 1 N–H and O–H groups in total. The van der Waals surface area contributed by atoms with Crippen molar-refractivity contribution in [2.24, 2.45) is 0 Å². The molecule has 1 aromatic carbocycles. The largest absolute Gasteiger partial charge is 0.493 e. The molecule has 1 aliphatic rings. The third-order valence-corrected chi connectivity index (χ3v) is 2.83. The van der Waals surface area contributed by atoms with Gasteiger partial charge in [-0.05, 0) is 31.0 Å². The molecule has 17 heavy (non-hydrogen) atoms. The molecule has 0 heterocycles. The number of nitrogens with one attached hydrogen (secondary N) is 1. The van der Waals surface area contributed by atoms with Crippen LogP contribution in [-0.4, -0.2) is 32.6 Å². The summed E-state index contributed by atoms with van der Waals surface area (Å²) in [7, 11) is 3.14. The summed E-state index contributed by atoms with van der Waals surface area (Å²) in [6, 6.07) is 5.77. The predicted octanol–water partition coefficient (Wildman–Crippen LogP) is 1.64. The van der Waals surface area contributed by atoms with Gasteiger partial charge >= 0.3 is 0 Å². The zero-order chi connectivity index (χ0) is 12.3. The second kappa shape index (κ2) is 5.19. The van der Waals surface area contributed by atoms with Crippen LogP contribution in [0, 0.1) is 0 Å². The minimum Gasteiger partial charge on any atom is -0.493 e. The second-order valence-corrected chi connectivity index (χ2v) is 4.15. The van der Waals surface area contributed by atoms with Crippen molar-refractivity contribution in [3.05, 3.63) is 23.8 Å². The van der Waals surface area contributed by atoms with Crippen LogP contribution in [-0.2, 0) is 0 Å². The summed E-state index contributed by atoms with van der Waals surface area (Å²) in [6.45, 7) is 0.389. The van der Waals surface area contributed by atoms with Crippen molar-refractivity contribution in [3.8, 4) is 11.5 Å². The van der Waals surface area contributed by atoms with Crippen LogP contribution in [0.2, 0.25) is 0 Å². The zero-order valence-corrected chi connectivity index (χ0v) is 10.2. The van der Waals surface area contributed by atoms with Crippen molar-refractivity contribution < 1.29 is 14.3 Å². The first kappa shape index (κ1) is 11.9. The highest BCUT2D eigenvalue weighted by atomic mass is 16.5. The molecule has 0 radical (unpaired) electrons. The van der Waals surface area contributed by atoms with Crippen LogP contribution in [0.25, 0.3) is 0 Å². The minimum absolute atomic E-state index is 0.0813. The fourth-order valence-corrected chi connectivity index (χ4v) is 1.64. The van der Waals surface area contributed by atoms with Crippen LogP contribution in [0.4, 0.5) is 0 Å². The first-order valence-electron chi connectivity index (χ1n) is 5.73. The molecule has 2 rings (SSSR count). The number of hydrogen-bond donors (Lipinski definition) is 1. The smallest absolute Gasteiger partial charge is 0.176 e. The summed E-state index contributed by atoms with van der Waals surface area (Å²) in [5, 5.41) is 3.20. The van der Waals surface area contributed by atoms with E-state index in [1.54, 1.807) is 32.4 Å². The number of hydrogen-bond acceptors (Lipinski definition) is 4. The van der Waals surface area contributed by atoms with E-state index in [0.29, 0.717) is 29.6 Å². The summed E-state index contributed by atoms with van der Waals surface area (Å²) < 4.78 is 10.3. The van der Waals surface area contributed by atoms with Crippen LogP contribution < -0.4 is 14.8 Å². The van der Waals surface area contributed by atoms with Gasteiger partial charge in [-0.15, -0.1) is 0 Å². The van der Waals surface area contributed by atoms with E-state index in [9.17, 15) is 4.79 Å². The average molecular weight is 235 g/mol. The van der Waals surface area contributed by atoms with Gasteiger partial charge in [0, 0.05) is 11.6 Å². The maximum atomic E-state index is 11.9. The predicted molar refractivity (Wildman–Crippen MR) is 64.9 cm³/mol. The van der Waals surface area contributed by atoms with Gasteiger partial charge in [-0.3, -0.25) is 4.79 Å². The van der Waals surface area contributed by atoms with Crippen LogP contribution >= 0.6 is 0 Å². The van der Waals surface area contributed by atoms with Gasteiger partial charge in [-0.1, -0.05) is 0 Å². The topological polar surface area (TPSA) is 47.6 Å². The van der Waals surface area contributed by atoms with Crippen molar-refractivity contribution in [3.63, 3.8) is 0 Å². The lowest BCUT2D eigenvalue weighted by molar-refractivity contribution is 0.0990. The quantitative estimate of drug-likeness (QED) is 0.761. The van der Waals surface area contributed by atoms with Crippen molar-refractivity contribution in [1.29, 1.82) is 0 Å². The molecule has 0 unspecified atom stereocenters. The Bertz CT molecular complexity index is 413. The summed E-state index contributed by atoms with van der Waals surface area (Å²) in [5.74, 6) is 1.31. The van der Waals surface area contributed by atoms with E-state index < -0.39 is 0 Å². The molecule has 0 bridgehead atoms. The summed E-state index contributed by atoms with van der Waals surface area (Å²) >= 11 is 0. The van der Waals surface area contributed by atoms with Gasteiger partial charge in [-0.25, -0.2) is 0 Å². The van der Waals surface area contributed by atoms with Gasteiger partial charge in [0.25, 0.3) is 0 Å². The van der Waals surface area contributed by atoms with Crippen LogP contribution in [0.5, 0.6) is 11.5 Å². The van der Waals surface area contributed by atoms with Gasteiger partial charge < -0.3 is 14.8 Å². The summed E-state index contributed by atoms with van der Waals surface area (Å²) in [5.41, 5.74) is 0.649. The van der Waals surface area contributed by atoms with Gasteiger partial charge in [-0.2, -0.15) is 0 Å². The maximum absolute atomic E-state index is 11.9. The summed E-state index contributed by atoms with van der Waals surface area (Å²) in [4.78, 5) is 11.9. The zero-order valence-electron chi connectivity index (χ0n) is 10.2. The Morgan fingerprint density at radius 3 is 2.59 bits per heavy atom. The number of methoxy groups -OCH3 is 2. The second-order valence-electron chi connectivity index (χ2n) is 4.15. The first-order valence-corrected chi connectivity index (χ1v) is 5.73. The molecule has 4 nitrogen and oxygen atoms in total. The normalized spacial score (nSPS) is 14.5. The molecule has 92 valence electrons. The van der Waals surface area contributed by atoms with E-state index in [0.717, 1.165) is 0 Å². The standard InChI is InChI=1S/C13H17NO3/c1-16-12-6-3-9(7-13(12)17-2)11(15)8-14-10-4-5-10/h3,6-7,10,14H,4-5,8H2,1-2H3. The van der Waals surface area contributed by atoms with Crippen molar-refractivity contribution in [2.45, 2.75) is 18.9 Å². The molecule has 1 fully saturated rings. The number of rotatable bonds is 6. The lowest BCUT2D eigenvalue weighted by Crippen LogP contribution is -2.24. The van der Waals surface area contributed by atoms with E-state index in [4.69, 9.17) is 9.47 Å². The Balaban J connectivity index is 2.05. The third kappa shape index (κ3) is 2.97. The number of benzene rings is 1. The van der Waals surface area contributed by atoms with E-state index >= 15 is 0 Å². The number of Topliss-reactive ketones (excluding diaryl/α,β-unsaturated/α-hetero) is 1. The van der Waals surface area contributed by atoms with E-state index in [1.165, 1.54) is 12.8 Å². The molecule has 0 aliphatic heterocycles. The number of carbonyl (C=O) groups is 1. The highest BCUT2D eigenvalue weighted by molar-refractivity contribution is 5.98. The highest BCUT2D eigenvalue weighted by Gasteiger charge is 2.21. The van der Waals surface area contributed by atoms with Gasteiger partial charge in [0.1, 0.15) is 0 Å². The number of ether oxygens (including phenoxy) is 2. The molecule has 1 aliphatic carbocycles. The van der Waals surface area contributed by atoms with Crippen molar-refractivity contribution >= 4 is 5.78 Å². The molecule has 1 aromatic rings. The fraction of sp³-hybridized carbons (Fsp3) is 0.462. The van der Waals surface area contributed by atoms with E-state index in [1.807, 2.05) is 0 Å². The monoisotopic (exact) mass is 235 g/mol. The lowest BCUT2D eigenvalue weighted by atomic mass is 10.1. The molecular formula is C13H17NO3. The Labute approximate surface area is 101 Å². The van der Waals surface area contributed by atoms with Gasteiger partial charge in [0.15, 0.2) is 17.3 Å². The number of carbonyl (C=O) groups excluding carboxylic acids is 1. The molecular weight excluding hydrogens is 218 g/mol. The Morgan fingerprint density at radius 1 is 1.29 bits per heavy atom.